The highest BCUT2D eigenvalue weighted by Crippen LogP contribution is 2.17. The molecule has 0 N–H and O–H groups in total. The quantitative estimate of drug-likeness (QED) is 0.838. The van der Waals surface area contributed by atoms with Gasteiger partial charge in [0.05, 0.1) is 6.54 Å². The van der Waals surface area contributed by atoms with Crippen LogP contribution in [0.25, 0.3) is 0 Å². The van der Waals surface area contributed by atoms with E-state index >= 15 is 0 Å². The Bertz CT molecular complexity index is 578. The van der Waals surface area contributed by atoms with Gasteiger partial charge < -0.3 is 9.47 Å². The molecule has 1 aliphatic heterocycles. The van der Waals surface area contributed by atoms with Crippen molar-refractivity contribution in [2.75, 3.05) is 13.2 Å². The summed E-state index contributed by atoms with van der Waals surface area (Å²) in [5.74, 6) is 1.55. The molecular weight excluding hydrogens is 238 g/mol. The van der Waals surface area contributed by atoms with Crippen LogP contribution in [0.4, 0.5) is 0 Å². The van der Waals surface area contributed by atoms with Gasteiger partial charge in [-0.3, -0.25) is 0 Å². The van der Waals surface area contributed by atoms with Gasteiger partial charge in [-0.15, -0.1) is 0 Å². The molecular formula is C16H15NO2. The standard InChI is InChI=1S/C16H15NO2/c1-2-5-13(6-3-1)12-19-15-8-4-7-14(11-15)16-17-9-10-18-16/h1-8,11H,9-10,12H2. The van der Waals surface area contributed by atoms with E-state index in [1.54, 1.807) is 0 Å². The lowest BCUT2D eigenvalue weighted by Crippen LogP contribution is -2.02. The summed E-state index contributed by atoms with van der Waals surface area (Å²) in [5.41, 5.74) is 2.13. The molecule has 0 atom stereocenters. The van der Waals surface area contributed by atoms with Gasteiger partial charge in [-0.25, -0.2) is 4.99 Å². The normalized spacial score (nSPS) is 13.8. The molecule has 0 amide bonds. The Morgan fingerprint density at radius 1 is 1.05 bits per heavy atom. The Kier molecular flexibility index (Phi) is 3.45. The highest BCUT2D eigenvalue weighted by Gasteiger charge is 2.10. The third kappa shape index (κ3) is 2.94. The Labute approximate surface area is 112 Å². The Balaban J connectivity index is 1.70. The summed E-state index contributed by atoms with van der Waals surface area (Å²) < 4.78 is 11.2. The van der Waals surface area contributed by atoms with E-state index in [1.807, 2.05) is 54.6 Å². The van der Waals surface area contributed by atoms with Crippen LogP contribution >= 0.6 is 0 Å². The van der Waals surface area contributed by atoms with Crippen molar-refractivity contribution in [2.45, 2.75) is 6.61 Å². The lowest BCUT2D eigenvalue weighted by molar-refractivity contribution is 0.305. The monoisotopic (exact) mass is 253 g/mol. The summed E-state index contributed by atoms with van der Waals surface area (Å²) in [6, 6.07) is 18.0. The van der Waals surface area contributed by atoms with Crippen LogP contribution in [0.3, 0.4) is 0 Å². The smallest absolute Gasteiger partial charge is 0.216 e. The van der Waals surface area contributed by atoms with E-state index < -0.39 is 0 Å². The lowest BCUT2D eigenvalue weighted by Gasteiger charge is -2.08. The van der Waals surface area contributed by atoms with Gasteiger partial charge >= 0.3 is 0 Å². The molecule has 1 aliphatic rings. The zero-order valence-electron chi connectivity index (χ0n) is 10.6. The van der Waals surface area contributed by atoms with Gasteiger partial charge in [-0.2, -0.15) is 0 Å². The third-order valence-electron chi connectivity index (χ3n) is 2.91. The van der Waals surface area contributed by atoms with Crippen LogP contribution in [0.5, 0.6) is 5.75 Å². The van der Waals surface area contributed by atoms with Crippen molar-refractivity contribution in [2.24, 2.45) is 4.99 Å². The molecule has 2 aromatic carbocycles. The molecule has 2 aromatic rings. The predicted molar refractivity (Wildman–Crippen MR) is 74.6 cm³/mol. The van der Waals surface area contributed by atoms with Crippen molar-refractivity contribution < 1.29 is 9.47 Å². The number of ether oxygens (including phenoxy) is 2. The first-order valence-electron chi connectivity index (χ1n) is 6.36. The molecule has 0 bridgehead atoms. The largest absolute Gasteiger partial charge is 0.489 e. The van der Waals surface area contributed by atoms with E-state index in [2.05, 4.69) is 4.99 Å². The van der Waals surface area contributed by atoms with Crippen LogP contribution in [0.15, 0.2) is 59.6 Å². The fourth-order valence-corrected chi connectivity index (χ4v) is 1.97. The molecule has 3 heteroatoms. The molecule has 19 heavy (non-hydrogen) atoms. The average Bonchev–Trinajstić information content (AvgIpc) is 3.01. The molecule has 3 rings (SSSR count). The van der Waals surface area contributed by atoms with Gasteiger partial charge in [-0.05, 0) is 23.8 Å². The summed E-state index contributed by atoms with van der Waals surface area (Å²) in [5, 5.41) is 0. The number of hydrogen-bond donors (Lipinski definition) is 0. The number of aliphatic imine (C=N–C) groups is 1. The first-order valence-corrected chi connectivity index (χ1v) is 6.36. The van der Waals surface area contributed by atoms with E-state index in [1.165, 1.54) is 0 Å². The van der Waals surface area contributed by atoms with Crippen LogP contribution in [0.2, 0.25) is 0 Å². The minimum Gasteiger partial charge on any atom is -0.489 e. The molecule has 0 unspecified atom stereocenters. The van der Waals surface area contributed by atoms with Crippen molar-refractivity contribution in [1.82, 2.24) is 0 Å². The van der Waals surface area contributed by atoms with Crippen molar-refractivity contribution in [3.63, 3.8) is 0 Å². The fraction of sp³-hybridized carbons (Fsp3) is 0.188. The molecule has 0 aliphatic carbocycles. The van der Waals surface area contributed by atoms with Crippen LogP contribution in [0, 0.1) is 0 Å². The molecule has 1 heterocycles. The van der Waals surface area contributed by atoms with Crippen molar-refractivity contribution in [3.8, 4) is 5.75 Å². The van der Waals surface area contributed by atoms with E-state index in [-0.39, 0.29) is 0 Å². The maximum absolute atomic E-state index is 5.78. The highest BCUT2D eigenvalue weighted by molar-refractivity contribution is 5.95. The van der Waals surface area contributed by atoms with E-state index in [0.29, 0.717) is 19.1 Å². The van der Waals surface area contributed by atoms with E-state index in [4.69, 9.17) is 9.47 Å². The lowest BCUT2D eigenvalue weighted by atomic mass is 10.2. The Morgan fingerprint density at radius 3 is 2.74 bits per heavy atom. The second-order valence-electron chi connectivity index (χ2n) is 4.34. The molecule has 3 nitrogen and oxygen atoms in total. The first-order chi connectivity index (χ1) is 9.42. The Hall–Kier alpha value is -2.29. The third-order valence-corrected chi connectivity index (χ3v) is 2.91. The summed E-state index contributed by atoms with van der Waals surface area (Å²) in [6.07, 6.45) is 0. The van der Waals surface area contributed by atoms with Crippen LogP contribution in [-0.2, 0) is 11.3 Å². The van der Waals surface area contributed by atoms with Crippen LogP contribution in [0.1, 0.15) is 11.1 Å². The van der Waals surface area contributed by atoms with Gasteiger partial charge in [0.25, 0.3) is 0 Å². The summed E-state index contributed by atoms with van der Waals surface area (Å²) in [4.78, 5) is 4.30. The van der Waals surface area contributed by atoms with Gasteiger partial charge in [0.2, 0.25) is 5.90 Å². The van der Waals surface area contributed by atoms with Gasteiger partial charge in [0.1, 0.15) is 19.0 Å². The van der Waals surface area contributed by atoms with Crippen molar-refractivity contribution in [1.29, 1.82) is 0 Å². The number of rotatable bonds is 4. The summed E-state index contributed by atoms with van der Waals surface area (Å²) >= 11 is 0. The van der Waals surface area contributed by atoms with Crippen LogP contribution in [-0.4, -0.2) is 19.0 Å². The van der Waals surface area contributed by atoms with E-state index in [0.717, 1.165) is 23.4 Å². The molecule has 0 saturated heterocycles. The number of hydrogen-bond acceptors (Lipinski definition) is 3. The topological polar surface area (TPSA) is 30.8 Å². The maximum atomic E-state index is 5.78. The maximum Gasteiger partial charge on any atom is 0.216 e. The summed E-state index contributed by atoms with van der Waals surface area (Å²) in [6.45, 7) is 1.98. The predicted octanol–water partition coefficient (Wildman–Crippen LogP) is 3.04. The second-order valence-corrected chi connectivity index (χ2v) is 4.34. The Morgan fingerprint density at radius 2 is 1.95 bits per heavy atom. The zero-order valence-corrected chi connectivity index (χ0v) is 10.6. The van der Waals surface area contributed by atoms with Crippen molar-refractivity contribution in [3.05, 3.63) is 65.7 Å². The van der Waals surface area contributed by atoms with E-state index in [9.17, 15) is 0 Å². The summed E-state index contributed by atoms with van der Waals surface area (Å²) in [7, 11) is 0. The highest BCUT2D eigenvalue weighted by atomic mass is 16.5. The van der Waals surface area contributed by atoms with Gasteiger partial charge in [0.15, 0.2) is 0 Å². The average molecular weight is 253 g/mol. The SMILES string of the molecule is c1ccc(COc2cccc(C3=NCCO3)c2)cc1. The van der Waals surface area contributed by atoms with Gasteiger partial charge in [-0.1, -0.05) is 36.4 Å². The minimum absolute atomic E-state index is 0.567. The fourth-order valence-electron chi connectivity index (χ4n) is 1.97. The minimum atomic E-state index is 0.567. The number of nitrogens with zero attached hydrogens (tertiary/aromatic N) is 1. The molecule has 0 aromatic heterocycles. The second kappa shape index (κ2) is 5.57. The van der Waals surface area contributed by atoms with Crippen molar-refractivity contribution >= 4 is 5.90 Å². The molecule has 96 valence electrons. The molecule has 0 radical (unpaired) electrons. The molecule has 0 saturated carbocycles. The van der Waals surface area contributed by atoms with Crippen LogP contribution < -0.4 is 4.74 Å². The molecule has 0 spiro atoms. The first kappa shape index (κ1) is 11.8. The number of benzene rings is 2. The zero-order chi connectivity index (χ0) is 12.9. The van der Waals surface area contributed by atoms with Gasteiger partial charge in [0, 0.05) is 5.56 Å². The molecule has 0 fully saturated rings.